The van der Waals surface area contributed by atoms with Crippen LogP contribution in [0.2, 0.25) is 0 Å². The largest absolute Gasteiger partial charge is 0.342 e. The number of H-pyrrole nitrogens is 1. The van der Waals surface area contributed by atoms with Crippen molar-refractivity contribution in [3.05, 3.63) is 69.6 Å². The molecule has 0 atom stereocenters. The van der Waals surface area contributed by atoms with E-state index in [1.807, 2.05) is 11.0 Å². The van der Waals surface area contributed by atoms with E-state index in [0.717, 1.165) is 44.3 Å². The fraction of sp³-hybridized carbons (Fsp3) is 0.429. The maximum atomic E-state index is 13.1. The third-order valence-corrected chi connectivity index (χ3v) is 5.82. The number of pyridine rings is 1. The second-order valence-corrected chi connectivity index (χ2v) is 7.50. The van der Waals surface area contributed by atoms with Gasteiger partial charge in [0.1, 0.15) is 0 Å². The summed E-state index contributed by atoms with van der Waals surface area (Å²) >= 11 is 0. The van der Waals surface area contributed by atoms with E-state index in [4.69, 9.17) is 0 Å². The summed E-state index contributed by atoms with van der Waals surface area (Å²) in [5, 5.41) is 0. The first-order valence-corrected chi connectivity index (χ1v) is 9.14. The van der Waals surface area contributed by atoms with Crippen LogP contribution in [0.25, 0.3) is 0 Å². The first-order chi connectivity index (χ1) is 12.1. The number of hydrogen-bond donors (Lipinski definition) is 1. The number of nitrogens with zero attached hydrogens (tertiary/aromatic N) is 1. The number of hydrogen-bond acceptors (Lipinski definition) is 2. The van der Waals surface area contributed by atoms with E-state index in [0.29, 0.717) is 11.8 Å². The van der Waals surface area contributed by atoms with E-state index in [-0.39, 0.29) is 11.0 Å². The first kappa shape index (κ1) is 16.1. The molecule has 1 aromatic carbocycles. The molecule has 2 aromatic rings. The molecule has 0 bridgehead atoms. The Hall–Kier alpha value is -2.36. The number of amides is 1. The maximum Gasteiger partial charge on any atom is 0.248 e. The molecule has 1 saturated heterocycles. The number of aromatic nitrogens is 1. The molecule has 4 nitrogen and oxygen atoms in total. The number of carbonyl (C=O) groups is 1. The van der Waals surface area contributed by atoms with Crippen molar-refractivity contribution in [3.8, 4) is 0 Å². The second-order valence-electron chi connectivity index (χ2n) is 7.50. The lowest BCUT2D eigenvalue weighted by Gasteiger charge is -2.34. The lowest BCUT2D eigenvalue weighted by molar-refractivity contribution is -0.135. The Balaban J connectivity index is 1.45. The molecular weight excluding hydrogens is 312 g/mol. The first-order valence-electron chi connectivity index (χ1n) is 9.14. The van der Waals surface area contributed by atoms with Gasteiger partial charge >= 0.3 is 0 Å². The van der Waals surface area contributed by atoms with E-state index in [1.54, 1.807) is 12.3 Å². The van der Waals surface area contributed by atoms with Crippen molar-refractivity contribution in [3.63, 3.8) is 0 Å². The predicted molar refractivity (Wildman–Crippen MR) is 97.7 cm³/mol. The van der Waals surface area contributed by atoms with Gasteiger partial charge in [-0.3, -0.25) is 9.59 Å². The SMILES string of the molecule is Cc1ccc(C2(C(=O)N3CCC(c4cc[nH]c(=O)c4)CC3)CC2)cc1. The number of piperidine rings is 1. The molecule has 130 valence electrons. The average Bonchev–Trinajstić information content (AvgIpc) is 3.44. The number of rotatable bonds is 3. The van der Waals surface area contributed by atoms with Crippen LogP contribution < -0.4 is 5.56 Å². The monoisotopic (exact) mass is 336 g/mol. The van der Waals surface area contributed by atoms with Crippen LogP contribution in [0, 0.1) is 6.92 Å². The molecule has 1 aromatic heterocycles. The summed E-state index contributed by atoms with van der Waals surface area (Å²) in [5.41, 5.74) is 3.16. The molecule has 1 aliphatic heterocycles. The van der Waals surface area contributed by atoms with Crippen LogP contribution in [0.15, 0.2) is 47.4 Å². The molecule has 0 spiro atoms. The maximum absolute atomic E-state index is 13.1. The number of carbonyl (C=O) groups excluding carboxylic acids is 1. The lowest BCUT2D eigenvalue weighted by atomic mass is 9.88. The van der Waals surface area contributed by atoms with Gasteiger partial charge in [0, 0.05) is 25.4 Å². The number of nitrogens with one attached hydrogen (secondary N) is 1. The predicted octanol–water partition coefficient (Wildman–Crippen LogP) is 3.12. The summed E-state index contributed by atoms with van der Waals surface area (Å²) in [7, 11) is 0. The quantitative estimate of drug-likeness (QED) is 0.936. The van der Waals surface area contributed by atoms with Gasteiger partial charge in [-0.05, 0) is 55.7 Å². The van der Waals surface area contributed by atoms with E-state index < -0.39 is 0 Å². The van der Waals surface area contributed by atoms with Gasteiger partial charge in [0.25, 0.3) is 0 Å². The Morgan fingerprint density at radius 3 is 2.40 bits per heavy atom. The molecule has 1 aliphatic carbocycles. The highest BCUT2D eigenvalue weighted by Crippen LogP contribution is 2.50. The molecule has 1 saturated carbocycles. The number of aromatic amines is 1. The number of likely N-dealkylation sites (tertiary alicyclic amines) is 1. The summed E-state index contributed by atoms with van der Waals surface area (Å²) < 4.78 is 0. The number of benzene rings is 1. The highest BCUT2D eigenvalue weighted by molar-refractivity contribution is 5.91. The zero-order valence-electron chi connectivity index (χ0n) is 14.6. The van der Waals surface area contributed by atoms with Gasteiger partial charge in [-0.15, -0.1) is 0 Å². The zero-order chi connectivity index (χ0) is 17.4. The fourth-order valence-corrected chi connectivity index (χ4v) is 4.06. The molecular formula is C21H24N2O2. The standard InChI is InChI=1S/C21H24N2O2/c1-15-2-4-18(5-3-15)21(9-10-21)20(25)23-12-7-16(8-13-23)17-6-11-22-19(24)14-17/h2-6,11,14,16H,7-10,12-13H2,1H3,(H,22,24). The van der Waals surface area contributed by atoms with Gasteiger partial charge in [-0.25, -0.2) is 0 Å². The molecule has 25 heavy (non-hydrogen) atoms. The Morgan fingerprint density at radius 1 is 1.12 bits per heavy atom. The molecule has 2 heterocycles. The minimum atomic E-state index is -0.273. The minimum absolute atomic E-state index is 0.0488. The normalized spacial score (nSPS) is 19.6. The van der Waals surface area contributed by atoms with Crippen molar-refractivity contribution in [2.45, 2.75) is 43.9 Å². The molecule has 1 N–H and O–H groups in total. The highest BCUT2D eigenvalue weighted by atomic mass is 16.2. The molecule has 0 unspecified atom stereocenters. The summed E-state index contributed by atoms with van der Waals surface area (Å²) in [5.74, 6) is 0.668. The van der Waals surface area contributed by atoms with E-state index in [1.165, 1.54) is 11.1 Å². The summed E-state index contributed by atoms with van der Waals surface area (Å²) in [6, 6.07) is 12.1. The van der Waals surface area contributed by atoms with Crippen molar-refractivity contribution >= 4 is 5.91 Å². The average molecular weight is 336 g/mol. The van der Waals surface area contributed by atoms with E-state index >= 15 is 0 Å². The molecule has 4 rings (SSSR count). The lowest BCUT2D eigenvalue weighted by Crippen LogP contribution is -2.43. The van der Waals surface area contributed by atoms with Crippen LogP contribution in [-0.4, -0.2) is 28.9 Å². The third-order valence-electron chi connectivity index (χ3n) is 5.82. The second kappa shape index (κ2) is 6.17. The highest BCUT2D eigenvalue weighted by Gasteiger charge is 2.53. The summed E-state index contributed by atoms with van der Waals surface area (Å²) in [6.45, 7) is 3.64. The fourth-order valence-electron chi connectivity index (χ4n) is 4.06. The molecule has 0 radical (unpaired) electrons. The van der Waals surface area contributed by atoms with Crippen LogP contribution in [0.4, 0.5) is 0 Å². The molecule has 1 amide bonds. The minimum Gasteiger partial charge on any atom is -0.342 e. The van der Waals surface area contributed by atoms with Crippen molar-refractivity contribution in [1.82, 2.24) is 9.88 Å². The van der Waals surface area contributed by atoms with Gasteiger partial charge in [0.15, 0.2) is 0 Å². The van der Waals surface area contributed by atoms with Gasteiger partial charge < -0.3 is 9.88 Å². The Labute approximate surface area is 147 Å². The smallest absolute Gasteiger partial charge is 0.248 e. The van der Waals surface area contributed by atoms with Crippen LogP contribution in [0.3, 0.4) is 0 Å². The van der Waals surface area contributed by atoms with Crippen molar-refractivity contribution in [2.24, 2.45) is 0 Å². The van der Waals surface area contributed by atoms with Crippen molar-refractivity contribution in [1.29, 1.82) is 0 Å². The summed E-state index contributed by atoms with van der Waals surface area (Å²) in [4.78, 5) is 29.3. The summed E-state index contributed by atoms with van der Waals surface area (Å²) in [6.07, 6.45) is 5.50. The van der Waals surface area contributed by atoms with Gasteiger partial charge in [-0.1, -0.05) is 29.8 Å². The van der Waals surface area contributed by atoms with Gasteiger partial charge in [0.2, 0.25) is 11.5 Å². The van der Waals surface area contributed by atoms with E-state index in [2.05, 4.69) is 36.2 Å². The Kier molecular flexibility index (Phi) is 3.98. The third kappa shape index (κ3) is 3.01. The Morgan fingerprint density at radius 2 is 1.80 bits per heavy atom. The molecule has 2 aliphatic rings. The van der Waals surface area contributed by atoms with Crippen LogP contribution in [0.1, 0.15) is 48.3 Å². The Bertz CT molecular complexity index is 825. The topological polar surface area (TPSA) is 53.2 Å². The zero-order valence-corrected chi connectivity index (χ0v) is 14.6. The van der Waals surface area contributed by atoms with E-state index in [9.17, 15) is 9.59 Å². The van der Waals surface area contributed by atoms with Gasteiger partial charge in [0.05, 0.1) is 5.41 Å². The van der Waals surface area contributed by atoms with Crippen LogP contribution in [0.5, 0.6) is 0 Å². The van der Waals surface area contributed by atoms with Crippen molar-refractivity contribution < 1.29 is 4.79 Å². The van der Waals surface area contributed by atoms with Crippen LogP contribution in [-0.2, 0) is 10.2 Å². The molecule has 4 heteroatoms. The van der Waals surface area contributed by atoms with Gasteiger partial charge in [-0.2, -0.15) is 0 Å². The number of aryl methyl sites for hydroxylation is 1. The van der Waals surface area contributed by atoms with Crippen LogP contribution >= 0.6 is 0 Å². The molecule has 2 fully saturated rings. The van der Waals surface area contributed by atoms with Crippen molar-refractivity contribution in [2.75, 3.05) is 13.1 Å².